The molecule has 0 aliphatic carbocycles. The number of rotatable bonds is 5. The smallest absolute Gasteiger partial charge is 0.248 e. The molecule has 0 radical (unpaired) electrons. The number of benzene rings is 2. The largest absolute Gasteiger partial charge is 0.437 e. The zero-order chi connectivity index (χ0) is 22.1. The van der Waals surface area contributed by atoms with E-state index in [0.717, 1.165) is 11.9 Å². The number of aryl methyl sites for hydroxylation is 2. The van der Waals surface area contributed by atoms with Gasteiger partial charge >= 0.3 is 0 Å². The molecule has 1 aliphatic rings. The Bertz CT molecular complexity index is 1320. The van der Waals surface area contributed by atoms with E-state index in [1.165, 1.54) is 16.7 Å². The van der Waals surface area contributed by atoms with E-state index in [9.17, 15) is 0 Å². The molecule has 5 rings (SSSR count). The SMILES string of the molecule is Cc1ccc(C[C@@H]2CONC(c3cc4cncn4nc3Oc3cccc(Cl)c3)=N2)c(C)c1. The van der Waals surface area contributed by atoms with E-state index in [1.54, 1.807) is 29.2 Å². The second-order valence-corrected chi connectivity index (χ2v) is 8.30. The average Bonchev–Trinajstić information content (AvgIpc) is 3.23. The van der Waals surface area contributed by atoms with Crippen LogP contribution in [0.4, 0.5) is 0 Å². The number of halogens is 1. The molecule has 2 aromatic heterocycles. The van der Waals surface area contributed by atoms with Gasteiger partial charge in [-0.05, 0) is 55.7 Å². The predicted molar refractivity (Wildman–Crippen MR) is 124 cm³/mol. The van der Waals surface area contributed by atoms with E-state index >= 15 is 0 Å². The maximum absolute atomic E-state index is 6.12. The van der Waals surface area contributed by atoms with Gasteiger partial charge in [-0.15, -0.1) is 5.10 Å². The average molecular weight is 448 g/mol. The summed E-state index contributed by atoms with van der Waals surface area (Å²) in [7, 11) is 0. The zero-order valence-electron chi connectivity index (χ0n) is 17.7. The molecular formula is C24H22ClN5O2. The van der Waals surface area contributed by atoms with Gasteiger partial charge in [0.2, 0.25) is 5.88 Å². The number of aliphatic imine (C=N–C) groups is 1. The van der Waals surface area contributed by atoms with Crippen molar-refractivity contribution in [1.29, 1.82) is 0 Å². The van der Waals surface area contributed by atoms with Gasteiger partial charge in [-0.25, -0.2) is 15.0 Å². The summed E-state index contributed by atoms with van der Waals surface area (Å²) in [6.45, 7) is 4.70. The van der Waals surface area contributed by atoms with Gasteiger partial charge in [-0.3, -0.25) is 9.83 Å². The third-order valence-corrected chi connectivity index (χ3v) is 5.58. The molecule has 0 amide bonds. The molecule has 0 saturated heterocycles. The van der Waals surface area contributed by atoms with Crippen molar-refractivity contribution in [3.05, 3.63) is 88.3 Å². The lowest BCUT2D eigenvalue weighted by Crippen LogP contribution is -2.37. The summed E-state index contributed by atoms with van der Waals surface area (Å²) in [6.07, 6.45) is 4.14. The summed E-state index contributed by atoms with van der Waals surface area (Å²) in [4.78, 5) is 14.8. The summed E-state index contributed by atoms with van der Waals surface area (Å²) in [5.74, 6) is 1.52. The van der Waals surface area contributed by atoms with Gasteiger partial charge in [0.1, 0.15) is 12.1 Å². The highest BCUT2D eigenvalue weighted by molar-refractivity contribution is 6.30. The molecule has 3 heterocycles. The standard InChI is InChI=1S/C24H22ClN5O2/c1-15-6-7-17(16(2)8-15)9-19-13-31-29-23(27-19)22-11-20-12-26-14-30(20)28-24(22)32-21-5-3-4-18(25)10-21/h3-8,10-12,14,19H,9,13H2,1-2H3,(H,27,29)/t19-/m1/s1. The molecule has 1 aliphatic heterocycles. The van der Waals surface area contributed by atoms with Crippen molar-refractivity contribution in [1.82, 2.24) is 20.1 Å². The van der Waals surface area contributed by atoms with Gasteiger partial charge in [0.05, 0.1) is 29.9 Å². The minimum Gasteiger partial charge on any atom is -0.437 e. The van der Waals surface area contributed by atoms with Gasteiger partial charge in [-0.1, -0.05) is 41.4 Å². The normalized spacial score (nSPS) is 16.0. The third-order valence-electron chi connectivity index (χ3n) is 5.34. The molecular weight excluding hydrogens is 426 g/mol. The van der Waals surface area contributed by atoms with E-state index in [0.29, 0.717) is 34.7 Å². The first-order valence-corrected chi connectivity index (χ1v) is 10.7. The lowest BCUT2D eigenvalue weighted by Gasteiger charge is -2.23. The highest BCUT2D eigenvalue weighted by atomic mass is 35.5. The molecule has 1 atom stereocenters. The lowest BCUT2D eigenvalue weighted by molar-refractivity contribution is 0.0623. The van der Waals surface area contributed by atoms with Crippen molar-refractivity contribution in [3.63, 3.8) is 0 Å². The molecule has 8 heteroatoms. The van der Waals surface area contributed by atoms with Crippen molar-refractivity contribution >= 4 is 23.0 Å². The number of nitrogens with one attached hydrogen (secondary N) is 1. The van der Waals surface area contributed by atoms with Crippen LogP contribution in [0, 0.1) is 13.8 Å². The molecule has 4 aromatic rings. The Morgan fingerprint density at radius 2 is 2.09 bits per heavy atom. The number of fused-ring (bicyclic) bond motifs is 1. The Kier molecular flexibility index (Phi) is 5.51. The van der Waals surface area contributed by atoms with Crippen molar-refractivity contribution in [2.24, 2.45) is 4.99 Å². The summed E-state index contributed by atoms with van der Waals surface area (Å²) < 4.78 is 7.74. The van der Waals surface area contributed by atoms with Crippen molar-refractivity contribution in [3.8, 4) is 11.6 Å². The summed E-state index contributed by atoms with van der Waals surface area (Å²) >= 11 is 6.12. The first-order valence-electron chi connectivity index (χ1n) is 10.3. The van der Waals surface area contributed by atoms with Crippen molar-refractivity contribution < 1.29 is 9.57 Å². The summed E-state index contributed by atoms with van der Waals surface area (Å²) in [6, 6.07) is 15.6. The maximum Gasteiger partial charge on any atom is 0.248 e. The van der Waals surface area contributed by atoms with Crippen LogP contribution in [0.5, 0.6) is 11.6 Å². The maximum atomic E-state index is 6.12. The third kappa shape index (κ3) is 4.30. The number of imidazole rings is 1. The molecule has 0 saturated carbocycles. The Hall–Kier alpha value is -3.42. The fourth-order valence-corrected chi connectivity index (χ4v) is 3.92. The molecule has 0 spiro atoms. The van der Waals surface area contributed by atoms with Crippen LogP contribution in [0.2, 0.25) is 5.02 Å². The quantitative estimate of drug-likeness (QED) is 0.480. The van der Waals surface area contributed by atoms with Gasteiger partial charge in [0, 0.05) is 5.02 Å². The Labute approximate surface area is 190 Å². The summed E-state index contributed by atoms with van der Waals surface area (Å²) in [5.41, 5.74) is 8.21. The van der Waals surface area contributed by atoms with Crippen LogP contribution in [0.3, 0.4) is 0 Å². The second-order valence-electron chi connectivity index (χ2n) is 7.86. The Balaban J connectivity index is 1.50. The van der Waals surface area contributed by atoms with Gasteiger partial charge < -0.3 is 4.74 Å². The number of hydrogen-bond donors (Lipinski definition) is 1. The van der Waals surface area contributed by atoms with Crippen molar-refractivity contribution in [2.75, 3.05) is 6.61 Å². The van der Waals surface area contributed by atoms with Gasteiger partial charge in [0.15, 0.2) is 5.84 Å². The molecule has 1 N–H and O–H groups in total. The molecule has 0 unspecified atom stereocenters. The van der Waals surface area contributed by atoms with E-state index in [4.69, 9.17) is 26.2 Å². The monoisotopic (exact) mass is 447 g/mol. The van der Waals surface area contributed by atoms with E-state index in [2.05, 4.69) is 47.6 Å². The number of ether oxygens (including phenoxy) is 1. The fraction of sp³-hybridized carbons (Fsp3) is 0.208. The van der Waals surface area contributed by atoms with Crippen LogP contribution in [-0.4, -0.2) is 33.1 Å². The first kappa shape index (κ1) is 20.5. The van der Waals surface area contributed by atoms with Crippen LogP contribution in [0.15, 0.2) is 66.0 Å². The van der Waals surface area contributed by atoms with Crippen LogP contribution in [0.25, 0.3) is 5.52 Å². The fourth-order valence-electron chi connectivity index (χ4n) is 3.74. The van der Waals surface area contributed by atoms with Crippen LogP contribution in [-0.2, 0) is 11.3 Å². The lowest BCUT2D eigenvalue weighted by atomic mass is 9.99. The van der Waals surface area contributed by atoms with Crippen molar-refractivity contribution in [2.45, 2.75) is 26.3 Å². The number of aromatic nitrogens is 3. The van der Waals surface area contributed by atoms with Gasteiger partial charge in [0.25, 0.3) is 0 Å². The van der Waals surface area contributed by atoms with Crippen LogP contribution in [0.1, 0.15) is 22.3 Å². The minimum atomic E-state index is -0.0344. The molecule has 162 valence electrons. The van der Waals surface area contributed by atoms with E-state index < -0.39 is 0 Å². The van der Waals surface area contributed by atoms with Gasteiger partial charge in [-0.2, -0.15) is 0 Å². The van der Waals surface area contributed by atoms with E-state index in [-0.39, 0.29) is 6.04 Å². The number of amidine groups is 1. The molecule has 0 bridgehead atoms. The first-order chi connectivity index (χ1) is 15.5. The molecule has 7 nitrogen and oxygen atoms in total. The molecule has 0 fully saturated rings. The van der Waals surface area contributed by atoms with Crippen LogP contribution >= 0.6 is 11.6 Å². The predicted octanol–water partition coefficient (Wildman–Crippen LogP) is 4.68. The minimum absolute atomic E-state index is 0.0344. The number of hydrogen-bond acceptors (Lipinski definition) is 6. The van der Waals surface area contributed by atoms with Crippen LogP contribution < -0.4 is 10.2 Å². The number of hydroxylamine groups is 1. The second kappa shape index (κ2) is 8.61. The Morgan fingerprint density at radius 3 is 2.94 bits per heavy atom. The molecule has 2 aromatic carbocycles. The number of nitrogens with zero attached hydrogens (tertiary/aromatic N) is 4. The molecule has 32 heavy (non-hydrogen) atoms. The summed E-state index contributed by atoms with van der Waals surface area (Å²) in [5, 5.41) is 5.16. The van der Waals surface area contributed by atoms with E-state index in [1.807, 2.05) is 18.2 Å². The highest BCUT2D eigenvalue weighted by Crippen LogP contribution is 2.27. The topological polar surface area (TPSA) is 73.0 Å². The Morgan fingerprint density at radius 1 is 1.19 bits per heavy atom. The highest BCUT2D eigenvalue weighted by Gasteiger charge is 2.22. The zero-order valence-corrected chi connectivity index (χ0v) is 18.5.